The molecule has 0 atom stereocenters. The first-order valence-corrected chi connectivity index (χ1v) is 5.94. The van der Waals surface area contributed by atoms with Crippen LogP contribution in [-0.2, 0) is 6.54 Å². The van der Waals surface area contributed by atoms with E-state index >= 15 is 0 Å². The quantitative estimate of drug-likeness (QED) is 0.916. The number of benzene rings is 1. The fourth-order valence-electron chi connectivity index (χ4n) is 1.78. The maximum Gasteiger partial charge on any atom is 0.152 e. The number of rotatable bonds is 4. The van der Waals surface area contributed by atoms with Crippen LogP contribution in [0.15, 0.2) is 24.5 Å². The molecule has 0 spiro atoms. The van der Waals surface area contributed by atoms with Gasteiger partial charge < -0.3 is 9.88 Å². The van der Waals surface area contributed by atoms with Crippen molar-refractivity contribution in [3.63, 3.8) is 0 Å². The van der Waals surface area contributed by atoms with Crippen molar-refractivity contribution in [2.75, 3.05) is 5.32 Å². The van der Waals surface area contributed by atoms with Crippen LogP contribution in [0.4, 0.5) is 10.1 Å². The normalized spacial score (nSPS) is 10.5. The number of aromatic nitrogens is 3. The van der Waals surface area contributed by atoms with E-state index in [2.05, 4.69) is 15.5 Å². The Kier molecular flexibility index (Phi) is 3.76. The van der Waals surface area contributed by atoms with Gasteiger partial charge in [0.2, 0.25) is 0 Å². The molecule has 0 bridgehead atoms. The van der Waals surface area contributed by atoms with Gasteiger partial charge in [-0.05, 0) is 26.0 Å². The molecular formula is C13H14FN5. The molecule has 1 heterocycles. The van der Waals surface area contributed by atoms with Crippen molar-refractivity contribution < 1.29 is 4.39 Å². The van der Waals surface area contributed by atoms with Crippen molar-refractivity contribution in [3.05, 3.63) is 41.7 Å². The molecule has 6 heteroatoms. The fourth-order valence-corrected chi connectivity index (χ4v) is 1.78. The summed E-state index contributed by atoms with van der Waals surface area (Å²) in [5.41, 5.74) is 0.471. The molecule has 2 aromatic rings. The summed E-state index contributed by atoms with van der Waals surface area (Å²) in [4.78, 5) is 0. The minimum absolute atomic E-state index is 0.0121. The lowest BCUT2D eigenvalue weighted by atomic mass is 10.2. The Morgan fingerprint density at radius 1 is 1.47 bits per heavy atom. The predicted octanol–water partition coefficient (Wildman–Crippen LogP) is 2.48. The third-order valence-corrected chi connectivity index (χ3v) is 2.77. The van der Waals surface area contributed by atoms with E-state index in [1.54, 1.807) is 18.5 Å². The van der Waals surface area contributed by atoms with E-state index in [1.165, 1.54) is 6.07 Å². The van der Waals surface area contributed by atoms with E-state index in [4.69, 9.17) is 5.26 Å². The second-order valence-electron chi connectivity index (χ2n) is 4.38. The zero-order chi connectivity index (χ0) is 13.8. The van der Waals surface area contributed by atoms with Crippen LogP contribution in [0.25, 0.3) is 0 Å². The van der Waals surface area contributed by atoms with E-state index in [1.807, 2.05) is 24.5 Å². The summed E-state index contributed by atoms with van der Waals surface area (Å²) >= 11 is 0. The molecule has 0 aliphatic heterocycles. The summed E-state index contributed by atoms with van der Waals surface area (Å²) < 4.78 is 15.3. The smallest absolute Gasteiger partial charge is 0.152 e. The number of nitrogens with one attached hydrogen (secondary N) is 1. The molecule has 19 heavy (non-hydrogen) atoms. The van der Waals surface area contributed by atoms with E-state index in [0.717, 1.165) is 5.82 Å². The topological polar surface area (TPSA) is 66.5 Å². The summed E-state index contributed by atoms with van der Waals surface area (Å²) in [5.74, 6) is 0.209. The van der Waals surface area contributed by atoms with E-state index in [9.17, 15) is 4.39 Å². The summed E-state index contributed by atoms with van der Waals surface area (Å²) in [6.07, 6.45) is 1.65. The summed E-state index contributed by atoms with van der Waals surface area (Å²) in [5, 5.41) is 19.8. The van der Waals surface area contributed by atoms with Crippen molar-refractivity contribution in [2.24, 2.45) is 0 Å². The SMILES string of the molecule is CC(C)n1cnnc1CNc1cccc(F)c1C#N. The standard InChI is InChI=1S/C13H14FN5/c1-9(2)19-8-17-18-13(19)7-16-12-5-3-4-11(14)10(12)6-15/h3-5,8-9,16H,7H2,1-2H3. The molecule has 1 aromatic heterocycles. The Bertz CT molecular complexity index is 612. The Hall–Kier alpha value is -2.42. The lowest BCUT2D eigenvalue weighted by Crippen LogP contribution is -2.11. The lowest BCUT2D eigenvalue weighted by Gasteiger charge is -2.12. The highest BCUT2D eigenvalue weighted by Crippen LogP contribution is 2.18. The zero-order valence-corrected chi connectivity index (χ0v) is 10.8. The third-order valence-electron chi connectivity index (χ3n) is 2.77. The van der Waals surface area contributed by atoms with Crippen LogP contribution in [0.5, 0.6) is 0 Å². The number of anilines is 1. The Balaban J connectivity index is 2.18. The fraction of sp³-hybridized carbons (Fsp3) is 0.308. The number of nitrogens with zero attached hydrogens (tertiary/aromatic N) is 4. The Morgan fingerprint density at radius 3 is 2.95 bits per heavy atom. The molecule has 0 aliphatic carbocycles. The van der Waals surface area contributed by atoms with Crippen LogP contribution >= 0.6 is 0 Å². The van der Waals surface area contributed by atoms with Crippen LogP contribution in [0.2, 0.25) is 0 Å². The maximum atomic E-state index is 13.4. The highest BCUT2D eigenvalue weighted by Gasteiger charge is 2.10. The molecule has 1 aromatic carbocycles. The monoisotopic (exact) mass is 259 g/mol. The summed E-state index contributed by atoms with van der Waals surface area (Å²) in [7, 11) is 0. The van der Waals surface area contributed by atoms with E-state index in [-0.39, 0.29) is 11.6 Å². The van der Waals surface area contributed by atoms with Gasteiger partial charge in [-0.3, -0.25) is 0 Å². The van der Waals surface area contributed by atoms with Crippen LogP contribution in [0.1, 0.15) is 31.3 Å². The molecule has 98 valence electrons. The molecule has 0 radical (unpaired) electrons. The van der Waals surface area contributed by atoms with Gasteiger partial charge in [-0.15, -0.1) is 10.2 Å². The van der Waals surface area contributed by atoms with Crippen molar-refractivity contribution in [3.8, 4) is 6.07 Å². The number of halogens is 1. The summed E-state index contributed by atoms with van der Waals surface area (Å²) in [6, 6.07) is 6.59. The highest BCUT2D eigenvalue weighted by molar-refractivity contribution is 5.57. The van der Waals surface area contributed by atoms with Crippen LogP contribution in [0, 0.1) is 17.1 Å². The van der Waals surface area contributed by atoms with Gasteiger partial charge in [0.25, 0.3) is 0 Å². The van der Waals surface area contributed by atoms with Gasteiger partial charge in [-0.1, -0.05) is 6.07 Å². The average Bonchev–Trinajstić information content (AvgIpc) is 2.84. The zero-order valence-electron chi connectivity index (χ0n) is 10.8. The molecule has 5 nitrogen and oxygen atoms in total. The van der Waals surface area contributed by atoms with Crippen molar-refractivity contribution in [2.45, 2.75) is 26.4 Å². The Labute approximate surface area is 110 Å². The van der Waals surface area contributed by atoms with E-state index < -0.39 is 5.82 Å². The van der Waals surface area contributed by atoms with Crippen molar-refractivity contribution >= 4 is 5.69 Å². The average molecular weight is 259 g/mol. The minimum atomic E-state index is -0.530. The molecule has 1 N–H and O–H groups in total. The van der Waals surface area contributed by atoms with Crippen molar-refractivity contribution in [1.82, 2.24) is 14.8 Å². The van der Waals surface area contributed by atoms with Gasteiger partial charge in [0.1, 0.15) is 23.8 Å². The van der Waals surface area contributed by atoms with Crippen LogP contribution in [-0.4, -0.2) is 14.8 Å². The van der Waals surface area contributed by atoms with Crippen LogP contribution in [0.3, 0.4) is 0 Å². The molecule has 0 saturated carbocycles. The third kappa shape index (κ3) is 2.71. The molecular weight excluding hydrogens is 245 g/mol. The van der Waals surface area contributed by atoms with E-state index in [0.29, 0.717) is 12.2 Å². The van der Waals surface area contributed by atoms with Gasteiger partial charge in [-0.2, -0.15) is 5.26 Å². The second-order valence-corrected chi connectivity index (χ2v) is 4.38. The number of hydrogen-bond acceptors (Lipinski definition) is 4. The van der Waals surface area contributed by atoms with Gasteiger partial charge >= 0.3 is 0 Å². The first kappa shape index (κ1) is 13.0. The molecule has 0 fully saturated rings. The van der Waals surface area contributed by atoms with Crippen molar-refractivity contribution in [1.29, 1.82) is 5.26 Å². The Morgan fingerprint density at radius 2 is 2.26 bits per heavy atom. The largest absolute Gasteiger partial charge is 0.377 e. The number of nitriles is 1. The maximum absolute atomic E-state index is 13.4. The van der Waals surface area contributed by atoms with Gasteiger partial charge in [0, 0.05) is 6.04 Å². The van der Waals surface area contributed by atoms with Gasteiger partial charge in [0.15, 0.2) is 5.82 Å². The second kappa shape index (κ2) is 5.48. The van der Waals surface area contributed by atoms with Gasteiger partial charge in [-0.25, -0.2) is 4.39 Å². The molecule has 0 saturated heterocycles. The first-order valence-electron chi connectivity index (χ1n) is 5.94. The lowest BCUT2D eigenvalue weighted by molar-refractivity contribution is 0.572. The van der Waals surface area contributed by atoms with Gasteiger partial charge in [0.05, 0.1) is 12.2 Å². The minimum Gasteiger partial charge on any atom is -0.377 e. The summed E-state index contributed by atoms with van der Waals surface area (Å²) in [6.45, 7) is 4.43. The predicted molar refractivity (Wildman–Crippen MR) is 68.8 cm³/mol. The first-order chi connectivity index (χ1) is 9.13. The molecule has 0 aliphatic rings. The number of hydrogen-bond donors (Lipinski definition) is 1. The molecule has 0 amide bonds. The molecule has 2 rings (SSSR count). The highest BCUT2D eigenvalue weighted by atomic mass is 19.1. The van der Waals surface area contributed by atoms with Crippen LogP contribution < -0.4 is 5.32 Å². The molecule has 0 unspecified atom stereocenters.